The van der Waals surface area contributed by atoms with Crippen LogP contribution in [0.5, 0.6) is 0 Å². The van der Waals surface area contributed by atoms with E-state index in [-0.39, 0.29) is 30.6 Å². The zero-order valence-corrected chi connectivity index (χ0v) is 15.9. The Kier molecular flexibility index (Phi) is 10.1. The van der Waals surface area contributed by atoms with Crippen molar-refractivity contribution in [1.29, 1.82) is 0 Å². The molecule has 0 saturated heterocycles. The van der Waals surface area contributed by atoms with Gasteiger partial charge in [0.2, 0.25) is 0 Å². The van der Waals surface area contributed by atoms with Crippen molar-refractivity contribution < 1.29 is 4.39 Å². The molecule has 2 N–H and O–H groups in total. The lowest BCUT2D eigenvalue weighted by atomic mass is 9.90. The Bertz CT molecular complexity index is 610. The molecule has 5 heteroatoms. The molecule has 0 aliphatic heterocycles. The van der Waals surface area contributed by atoms with Gasteiger partial charge in [-0.1, -0.05) is 55.3 Å². The summed E-state index contributed by atoms with van der Waals surface area (Å²) in [5.74, 6) is -0.160. The molecule has 2 nitrogen and oxygen atoms in total. The standard InChI is InChI=1S/C20H25FN2.2ClH/c21-18-10-6-9-17(13-18)15-23-20-12-5-4-11-19(20)22-14-16-7-2-1-3-8-16;;/h1-3,6-10,13,19-20,22-23H,4-5,11-12,14-15H2;2*1H. The molecule has 1 aliphatic rings. The van der Waals surface area contributed by atoms with E-state index in [9.17, 15) is 4.39 Å². The van der Waals surface area contributed by atoms with E-state index in [4.69, 9.17) is 0 Å². The second-order valence-electron chi connectivity index (χ2n) is 6.37. The van der Waals surface area contributed by atoms with E-state index in [0.717, 1.165) is 18.7 Å². The molecule has 25 heavy (non-hydrogen) atoms. The fourth-order valence-electron chi connectivity index (χ4n) is 3.36. The van der Waals surface area contributed by atoms with Gasteiger partial charge in [0.15, 0.2) is 0 Å². The van der Waals surface area contributed by atoms with Gasteiger partial charge in [0, 0.05) is 25.2 Å². The van der Waals surface area contributed by atoms with Gasteiger partial charge in [-0.15, -0.1) is 24.8 Å². The first-order valence-electron chi connectivity index (χ1n) is 8.56. The highest BCUT2D eigenvalue weighted by molar-refractivity contribution is 5.85. The van der Waals surface area contributed by atoms with Crippen LogP contribution < -0.4 is 10.6 Å². The van der Waals surface area contributed by atoms with Crippen molar-refractivity contribution >= 4 is 24.8 Å². The van der Waals surface area contributed by atoms with Crippen molar-refractivity contribution in [2.75, 3.05) is 0 Å². The lowest BCUT2D eigenvalue weighted by Crippen LogP contribution is -2.49. The summed E-state index contributed by atoms with van der Waals surface area (Å²) in [4.78, 5) is 0. The zero-order chi connectivity index (χ0) is 15.9. The van der Waals surface area contributed by atoms with Gasteiger partial charge in [0.1, 0.15) is 5.82 Å². The Labute approximate surface area is 162 Å². The Hall–Kier alpha value is -1.13. The molecule has 2 aromatic carbocycles. The average Bonchev–Trinajstić information content (AvgIpc) is 2.60. The van der Waals surface area contributed by atoms with Crippen LogP contribution in [-0.4, -0.2) is 12.1 Å². The molecular weight excluding hydrogens is 358 g/mol. The minimum absolute atomic E-state index is 0. The molecule has 2 atom stereocenters. The second-order valence-corrected chi connectivity index (χ2v) is 6.37. The number of hydrogen-bond donors (Lipinski definition) is 2. The quantitative estimate of drug-likeness (QED) is 0.742. The maximum Gasteiger partial charge on any atom is 0.123 e. The normalized spacial score (nSPS) is 19.6. The van der Waals surface area contributed by atoms with Crippen LogP contribution in [0.1, 0.15) is 36.8 Å². The van der Waals surface area contributed by atoms with Gasteiger partial charge in [-0.25, -0.2) is 4.39 Å². The second kappa shape index (κ2) is 11.5. The number of rotatable bonds is 6. The van der Waals surface area contributed by atoms with E-state index in [1.165, 1.54) is 37.3 Å². The predicted molar refractivity (Wildman–Crippen MR) is 107 cm³/mol. The molecule has 1 aliphatic carbocycles. The molecular formula is C20H27Cl2FN2. The summed E-state index contributed by atoms with van der Waals surface area (Å²) in [5.41, 5.74) is 2.33. The Morgan fingerprint density at radius 3 is 1.92 bits per heavy atom. The average molecular weight is 385 g/mol. The minimum atomic E-state index is -0.160. The van der Waals surface area contributed by atoms with Crippen molar-refractivity contribution in [3.05, 3.63) is 71.5 Å². The summed E-state index contributed by atoms with van der Waals surface area (Å²) in [6.07, 6.45) is 4.93. The topological polar surface area (TPSA) is 24.1 Å². The molecule has 0 heterocycles. The van der Waals surface area contributed by atoms with E-state index in [1.54, 1.807) is 12.1 Å². The molecule has 3 rings (SSSR count). The first kappa shape index (κ1) is 21.9. The van der Waals surface area contributed by atoms with E-state index in [1.807, 2.05) is 12.1 Å². The highest BCUT2D eigenvalue weighted by Gasteiger charge is 2.24. The molecule has 1 fully saturated rings. The van der Waals surface area contributed by atoms with Crippen LogP contribution in [0.25, 0.3) is 0 Å². The zero-order valence-electron chi connectivity index (χ0n) is 14.3. The van der Waals surface area contributed by atoms with E-state index >= 15 is 0 Å². The number of nitrogens with one attached hydrogen (secondary N) is 2. The number of benzene rings is 2. The Balaban J connectivity index is 0.00000156. The minimum Gasteiger partial charge on any atom is -0.308 e. The largest absolute Gasteiger partial charge is 0.308 e. The molecule has 0 spiro atoms. The van der Waals surface area contributed by atoms with Crippen LogP contribution in [0, 0.1) is 5.82 Å². The van der Waals surface area contributed by atoms with Crippen LogP contribution in [-0.2, 0) is 13.1 Å². The third-order valence-electron chi connectivity index (χ3n) is 4.63. The monoisotopic (exact) mass is 384 g/mol. The van der Waals surface area contributed by atoms with Crippen molar-refractivity contribution in [3.8, 4) is 0 Å². The van der Waals surface area contributed by atoms with Crippen LogP contribution in [0.15, 0.2) is 54.6 Å². The summed E-state index contributed by atoms with van der Waals surface area (Å²) in [6.45, 7) is 1.63. The van der Waals surface area contributed by atoms with Crippen molar-refractivity contribution in [3.63, 3.8) is 0 Å². The van der Waals surface area contributed by atoms with Crippen LogP contribution >= 0.6 is 24.8 Å². The van der Waals surface area contributed by atoms with Gasteiger partial charge in [-0.05, 0) is 36.1 Å². The molecule has 2 aromatic rings. The first-order valence-corrected chi connectivity index (χ1v) is 8.56. The van der Waals surface area contributed by atoms with Gasteiger partial charge in [-0.2, -0.15) is 0 Å². The van der Waals surface area contributed by atoms with E-state index in [2.05, 4.69) is 34.9 Å². The SMILES string of the molecule is Cl.Cl.Fc1cccc(CNC2CCCCC2NCc2ccccc2)c1. The molecule has 2 unspecified atom stereocenters. The van der Waals surface area contributed by atoms with Gasteiger partial charge in [0.25, 0.3) is 0 Å². The maximum absolute atomic E-state index is 13.3. The number of hydrogen-bond acceptors (Lipinski definition) is 2. The van der Waals surface area contributed by atoms with Crippen LogP contribution in [0.2, 0.25) is 0 Å². The molecule has 138 valence electrons. The smallest absolute Gasteiger partial charge is 0.123 e. The summed E-state index contributed by atoms with van der Waals surface area (Å²) >= 11 is 0. The van der Waals surface area contributed by atoms with Crippen molar-refractivity contribution in [2.24, 2.45) is 0 Å². The predicted octanol–water partition coefficient (Wildman–Crippen LogP) is 4.86. The van der Waals surface area contributed by atoms with Crippen LogP contribution in [0.4, 0.5) is 4.39 Å². The molecule has 1 saturated carbocycles. The lowest BCUT2D eigenvalue weighted by Gasteiger charge is -2.33. The fourth-order valence-corrected chi connectivity index (χ4v) is 3.36. The lowest BCUT2D eigenvalue weighted by molar-refractivity contribution is 0.281. The highest BCUT2D eigenvalue weighted by atomic mass is 35.5. The maximum atomic E-state index is 13.3. The molecule has 0 amide bonds. The summed E-state index contributed by atoms with van der Waals surface area (Å²) in [7, 11) is 0. The summed E-state index contributed by atoms with van der Waals surface area (Å²) in [6, 6.07) is 18.3. The van der Waals surface area contributed by atoms with Gasteiger partial charge in [0.05, 0.1) is 0 Å². The van der Waals surface area contributed by atoms with Gasteiger partial charge < -0.3 is 10.6 Å². The third kappa shape index (κ3) is 6.95. The highest BCUT2D eigenvalue weighted by Crippen LogP contribution is 2.19. The summed E-state index contributed by atoms with van der Waals surface area (Å²) in [5, 5.41) is 7.32. The van der Waals surface area contributed by atoms with Crippen LogP contribution in [0.3, 0.4) is 0 Å². The Morgan fingerprint density at radius 2 is 1.32 bits per heavy atom. The van der Waals surface area contributed by atoms with E-state index in [0.29, 0.717) is 12.1 Å². The summed E-state index contributed by atoms with van der Waals surface area (Å²) < 4.78 is 13.3. The third-order valence-corrected chi connectivity index (χ3v) is 4.63. The molecule has 0 radical (unpaired) electrons. The van der Waals surface area contributed by atoms with Gasteiger partial charge >= 0.3 is 0 Å². The Morgan fingerprint density at radius 1 is 0.760 bits per heavy atom. The van der Waals surface area contributed by atoms with Gasteiger partial charge in [-0.3, -0.25) is 0 Å². The molecule has 0 bridgehead atoms. The van der Waals surface area contributed by atoms with Crippen molar-refractivity contribution in [2.45, 2.75) is 50.9 Å². The van der Waals surface area contributed by atoms with E-state index < -0.39 is 0 Å². The number of halogens is 3. The first-order chi connectivity index (χ1) is 11.3. The fraction of sp³-hybridized carbons (Fsp3) is 0.400. The molecule has 0 aromatic heterocycles. The van der Waals surface area contributed by atoms with Crippen molar-refractivity contribution in [1.82, 2.24) is 10.6 Å².